The first-order valence-corrected chi connectivity index (χ1v) is 6.13. The third-order valence-electron chi connectivity index (χ3n) is 3.02. The van der Waals surface area contributed by atoms with E-state index in [1.807, 2.05) is 6.07 Å². The van der Waals surface area contributed by atoms with Crippen LogP contribution in [0.25, 0.3) is 0 Å². The van der Waals surface area contributed by atoms with Gasteiger partial charge in [0.25, 0.3) is 0 Å². The van der Waals surface area contributed by atoms with Crippen molar-refractivity contribution < 1.29 is 19.1 Å². The predicted molar refractivity (Wildman–Crippen MR) is 66.2 cm³/mol. The van der Waals surface area contributed by atoms with E-state index >= 15 is 0 Å². The van der Waals surface area contributed by atoms with E-state index in [0.717, 1.165) is 6.42 Å². The van der Waals surface area contributed by atoms with Crippen LogP contribution in [0.15, 0.2) is 24.4 Å². The smallest absolute Gasteiger partial charge is 0.410 e. The third-order valence-corrected chi connectivity index (χ3v) is 3.02. The van der Waals surface area contributed by atoms with E-state index in [-0.39, 0.29) is 6.61 Å². The van der Waals surface area contributed by atoms with Gasteiger partial charge in [0.15, 0.2) is 0 Å². The van der Waals surface area contributed by atoms with Gasteiger partial charge < -0.3 is 9.47 Å². The van der Waals surface area contributed by atoms with E-state index in [1.165, 1.54) is 12.0 Å². The predicted octanol–water partition coefficient (Wildman–Crippen LogP) is 1.36. The zero-order chi connectivity index (χ0) is 13.7. The maximum absolute atomic E-state index is 11.9. The normalized spacial score (nSPS) is 18.2. The molecule has 0 spiro atoms. The van der Waals surface area contributed by atoms with Gasteiger partial charge >= 0.3 is 12.1 Å². The molecule has 1 aromatic rings. The average Bonchev–Trinajstić information content (AvgIpc) is 2.94. The summed E-state index contributed by atoms with van der Waals surface area (Å²) in [5, 5.41) is 0. The highest BCUT2D eigenvalue weighted by Crippen LogP contribution is 2.19. The van der Waals surface area contributed by atoms with Gasteiger partial charge in [0, 0.05) is 12.7 Å². The summed E-state index contributed by atoms with van der Waals surface area (Å²) in [4.78, 5) is 28.9. The number of amides is 1. The van der Waals surface area contributed by atoms with Crippen molar-refractivity contribution in [3.05, 3.63) is 30.1 Å². The highest BCUT2D eigenvalue weighted by Gasteiger charge is 2.35. The van der Waals surface area contributed by atoms with Crippen LogP contribution in [0.4, 0.5) is 4.79 Å². The lowest BCUT2D eigenvalue weighted by atomic mass is 10.2. The first-order chi connectivity index (χ1) is 9.22. The van der Waals surface area contributed by atoms with Crippen molar-refractivity contribution in [3.8, 4) is 0 Å². The molecule has 1 aliphatic heterocycles. The van der Waals surface area contributed by atoms with Gasteiger partial charge in [-0.3, -0.25) is 9.88 Å². The van der Waals surface area contributed by atoms with Crippen molar-refractivity contribution in [2.45, 2.75) is 25.5 Å². The second-order valence-corrected chi connectivity index (χ2v) is 4.25. The Balaban J connectivity index is 1.90. The Bertz CT molecular complexity index is 449. The van der Waals surface area contributed by atoms with Crippen LogP contribution < -0.4 is 0 Å². The maximum Gasteiger partial charge on any atom is 0.410 e. The molecule has 0 N–H and O–H groups in total. The van der Waals surface area contributed by atoms with Crippen LogP contribution in [0, 0.1) is 0 Å². The molecule has 0 radical (unpaired) electrons. The third kappa shape index (κ3) is 3.21. The molecule has 6 heteroatoms. The number of nitrogens with zero attached hydrogens (tertiary/aromatic N) is 2. The molecule has 1 saturated heterocycles. The van der Waals surface area contributed by atoms with Crippen LogP contribution in [0.2, 0.25) is 0 Å². The minimum absolute atomic E-state index is 0.116. The molecular formula is C13H16N2O4. The average molecular weight is 264 g/mol. The maximum atomic E-state index is 11.9. The van der Waals surface area contributed by atoms with Crippen molar-refractivity contribution in [1.29, 1.82) is 0 Å². The van der Waals surface area contributed by atoms with Gasteiger partial charge in [-0.1, -0.05) is 6.07 Å². The van der Waals surface area contributed by atoms with E-state index in [0.29, 0.717) is 18.7 Å². The minimum Gasteiger partial charge on any atom is -0.458 e. The van der Waals surface area contributed by atoms with Gasteiger partial charge in [-0.25, -0.2) is 9.59 Å². The Kier molecular flexibility index (Phi) is 4.33. The molecule has 1 aliphatic rings. The van der Waals surface area contributed by atoms with Gasteiger partial charge in [0.1, 0.15) is 12.6 Å². The van der Waals surface area contributed by atoms with E-state index in [9.17, 15) is 9.59 Å². The van der Waals surface area contributed by atoms with Crippen molar-refractivity contribution >= 4 is 12.1 Å². The molecule has 19 heavy (non-hydrogen) atoms. The quantitative estimate of drug-likeness (QED) is 0.771. The van der Waals surface area contributed by atoms with Crippen LogP contribution in [0.5, 0.6) is 0 Å². The summed E-state index contributed by atoms with van der Waals surface area (Å²) in [6.45, 7) is 0.640. The summed E-state index contributed by atoms with van der Waals surface area (Å²) in [7, 11) is 1.30. The number of methoxy groups -OCH3 is 1. The molecule has 1 aromatic heterocycles. The first kappa shape index (κ1) is 13.3. The van der Waals surface area contributed by atoms with Gasteiger partial charge in [-0.05, 0) is 25.0 Å². The molecule has 6 nitrogen and oxygen atoms in total. The Morgan fingerprint density at radius 1 is 1.47 bits per heavy atom. The number of aromatic nitrogens is 1. The Hall–Kier alpha value is -2.11. The van der Waals surface area contributed by atoms with Crippen LogP contribution in [0.1, 0.15) is 18.5 Å². The molecule has 1 fully saturated rings. The number of hydrogen-bond donors (Lipinski definition) is 0. The highest BCUT2D eigenvalue weighted by molar-refractivity contribution is 5.82. The minimum atomic E-state index is -0.545. The van der Waals surface area contributed by atoms with E-state index < -0.39 is 18.1 Å². The van der Waals surface area contributed by atoms with Gasteiger partial charge in [-0.15, -0.1) is 0 Å². The zero-order valence-corrected chi connectivity index (χ0v) is 10.7. The number of pyridine rings is 1. The highest BCUT2D eigenvalue weighted by atomic mass is 16.6. The summed E-state index contributed by atoms with van der Waals surface area (Å²) >= 11 is 0. The summed E-state index contributed by atoms with van der Waals surface area (Å²) in [5.41, 5.74) is 0.679. The molecule has 0 aromatic carbocycles. The number of likely N-dealkylation sites (tertiary alicyclic amines) is 1. The number of hydrogen-bond acceptors (Lipinski definition) is 5. The second kappa shape index (κ2) is 6.17. The molecule has 0 saturated carbocycles. The van der Waals surface area contributed by atoms with Crippen molar-refractivity contribution in [1.82, 2.24) is 9.88 Å². The Labute approximate surface area is 111 Å². The molecule has 2 rings (SSSR count). The molecular weight excluding hydrogens is 248 g/mol. The first-order valence-electron chi connectivity index (χ1n) is 6.13. The topological polar surface area (TPSA) is 68.7 Å². The van der Waals surface area contributed by atoms with E-state index in [4.69, 9.17) is 4.74 Å². The number of carbonyl (C=O) groups excluding carboxylic acids is 2. The number of rotatable bonds is 3. The number of carbonyl (C=O) groups is 2. The SMILES string of the molecule is COC(=O)N1CCC[C@H]1C(=O)OCc1ccccn1. The largest absolute Gasteiger partial charge is 0.458 e. The van der Waals surface area contributed by atoms with Crippen molar-refractivity contribution in [3.63, 3.8) is 0 Å². The lowest BCUT2D eigenvalue weighted by Crippen LogP contribution is -2.41. The van der Waals surface area contributed by atoms with Crippen LogP contribution >= 0.6 is 0 Å². The van der Waals surface area contributed by atoms with Crippen LogP contribution in [0.3, 0.4) is 0 Å². The lowest BCUT2D eigenvalue weighted by molar-refractivity contribution is -0.149. The standard InChI is InChI=1S/C13H16N2O4/c1-18-13(17)15-8-4-6-11(15)12(16)19-9-10-5-2-3-7-14-10/h2-3,5,7,11H,4,6,8-9H2,1H3/t11-/m0/s1. The molecule has 2 heterocycles. The monoisotopic (exact) mass is 264 g/mol. The molecule has 1 amide bonds. The molecule has 0 unspecified atom stereocenters. The second-order valence-electron chi connectivity index (χ2n) is 4.25. The fourth-order valence-corrected chi connectivity index (χ4v) is 2.07. The summed E-state index contributed by atoms with van der Waals surface area (Å²) < 4.78 is 9.83. The summed E-state index contributed by atoms with van der Waals surface area (Å²) in [6, 6.07) is 4.85. The Morgan fingerprint density at radius 3 is 3.00 bits per heavy atom. The number of ether oxygens (including phenoxy) is 2. The van der Waals surface area contributed by atoms with Gasteiger partial charge in [0.2, 0.25) is 0 Å². The lowest BCUT2D eigenvalue weighted by Gasteiger charge is -2.21. The van der Waals surface area contributed by atoms with Gasteiger partial charge in [-0.2, -0.15) is 0 Å². The summed E-state index contributed by atoms with van der Waals surface area (Å²) in [6.07, 6.45) is 2.53. The fourth-order valence-electron chi connectivity index (χ4n) is 2.07. The van der Waals surface area contributed by atoms with Crippen LogP contribution in [-0.4, -0.2) is 41.6 Å². The molecule has 1 atom stereocenters. The van der Waals surface area contributed by atoms with Crippen molar-refractivity contribution in [2.75, 3.05) is 13.7 Å². The zero-order valence-electron chi connectivity index (χ0n) is 10.7. The van der Waals surface area contributed by atoms with E-state index in [1.54, 1.807) is 18.3 Å². The number of esters is 1. The Morgan fingerprint density at radius 2 is 2.32 bits per heavy atom. The molecule has 102 valence electrons. The molecule has 0 bridgehead atoms. The van der Waals surface area contributed by atoms with E-state index in [2.05, 4.69) is 9.72 Å². The fraction of sp³-hybridized carbons (Fsp3) is 0.462. The summed E-state index contributed by atoms with van der Waals surface area (Å²) in [5.74, 6) is -0.409. The van der Waals surface area contributed by atoms with Gasteiger partial charge in [0.05, 0.1) is 12.8 Å². The molecule has 0 aliphatic carbocycles. The van der Waals surface area contributed by atoms with Crippen LogP contribution in [-0.2, 0) is 20.9 Å². The van der Waals surface area contributed by atoms with Crippen molar-refractivity contribution in [2.24, 2.45) is 0 Å².